The normalized spacial score (nSPS) is 10.5. The van der Waals surface area contributed by atoms with Gasteiger partial charge in [0.25, 0.3) is 0 Å². The predicted octanol–water partition coefficient (Wildman–Crippen LogP) is 3.17. The number of para-hydroxylation sites is 1. The number of hydrogen-bond donors (Lipinski definition) is 0. The van der Waals surface area contributed by atoms with Gasteiger partial charge >= 0.3 is 0 Å². The molecule has 0 aliphatic rings. The second-order valence-electron chi connectivity index (χ2n) is 5.01. The van der Waals surface area contributed by atoms with Crippen LogP contribution in [0.25, 0.3) is 0 Å². The molecule has 1 aromatic heterocycles. The smallest absolute Gasteiger partial charge is 0.137 e. The van der Waals surface area contributed by atoms with Gasteiger partial charge in [-0.25, -0.2) is 4.98 Å². The summed E-state index contributed by atoms with van der Waals surface area (Å²) in [6.07, 6.45) is 3.17. The van der Waals surface area contributed by atoms with Crippen LogP contribution in [-0.4, -0.2) is 34.6 Å². The van der Waals surface area contributed by atoms with Crippen LogP contribution < -0.4 is 9.47 Å². The van der Waals surface area contributed by atoms with Crippen molar-refractivity contribution < 1.29 is 14.2 Å². The zero-order valence-electron chi connectivity index (χ0n) is 13.2. The highest BCUT2D eigenvalue weighted by molar-refractivity contribution is 5.36. The van der Waals surface area contributed by atoms with Gasteiger partial charge in [-0.2, -0.15) is 5.10 Å². The Morgan fingerprint density at radius 3 is 2.50 bits per heavy atom. The molecule has 0 aliphatic carbocycles. The molecule has 6 heteroatoms. The number of aromatic nitrogens is 3. The second kappa shape index (κ2) is 8.69. The van der Waals surface area contributed by atoms with Crippen molar-refractivity contribution in [3.8, 4) is 17.2 Å². The molecule has 1 heterocycles. The van der Waals surface area contributed by atoms with E-state index in [9.17, 15) is 0 Å². The SMILES string of the molecule is c1ccc(Oc2cccc(OCCOCCn3cncn3)c2)cc1. The molecule has 0 saturated heterocycles. The van der Waals surface area contributed by atoms with Crippen molar-refractivity contribution in [3.63, 3.8) is 0 Å². The van der Waals surface area contributed by atoms with Gasteiger partial charge in [0.2, 0.25) is 0 Å². The van der Waals surface area contributed by atoms with E-state index in [1.54, 1.807) is 11.0 Å². The van der Waals surface area contributed by atoms with Gasteiger partial charge < -0.3 is 14.2 Å². The molecule has 3 rings (SSSR count). The highest BCUT2D eigenvalue weighted by atomic mass is 16.5. The minimum absolute atomic E-state index is 0.478. The quantitative estimate of drug-likeness (QED) is 0.566. The first-order chi connectivity index (χ1) is 11.9. The van der Waals surface area contributed by atoms with E-state index in [0.29, 0.717) is 26.4 Å². The maximum absolute atomic E-state index is 5.78. The second-order valence-corrected chi connectivity index (χ2v) is 5.01. The molecular weight excluding hydrogens is 306 g/mol. The van der Waals surface area contributed by atoms with Crippen molar-refractivity contribution in [1.82, 2.24) is 14.8 Å². The third-order valence-corrected chi connectivity index (χ3v) is 3.21. The standard InChI is InChI=1S/C18H19N3O3/c1-2-5-16(6-3-1)24-18-8-4-7-17(13-18)23-12-11-22-10-9-21-15-19-14-20-21/h1-8,13-15H,9-12H2. The van der Waals surface area contributed by atoms with Crippen LogP contribution in [0.15, 0.2) is 67.3 Å². The number of nitrogens with zero attached hydrogens (tertiary/aromatic N) is 3. The zero-order chi connectivity index (χ0) is 16.5. The molecule has 0 unspecified atom stereocenters. The molecule has 0 amide bonds. The van der Waals surface area contributed by atoms with Crippen LogP contribution in [0.4, 0.5) is 0 Å². The summed E-state index contributed by atoms with van der Waals surface area (Å²) in [6, 6.07) is 17.2. The first-order valence-electron chi connectivity index (χ1n) is 7.76. The average molecular weight is 325 g/mol. The van der Waals surface area contributed by atoms with Crippen LogP contribution in [0.2, 0.25) is 0 Å². The fourth-order valence-corrected chi connectivity index (χ4v) is 2.08. The van der Waals surface area contributed by atoms with Crippen LogP contribution >= 0.6 is 0 Å². The van der Waals surface area contributed by atoms with Crippen LogP contribution in [0.5, 0.6) is 17.2 Å². The van der Waals surface area contributed by atoms with E-state index in [-0.39, 0.29) is 0 Å². The Kier molecular flexibility index (Phi) is 5.80. The lowest BCUT2D eigenvalue weighted by molar-refractivity contribution is 0.0925. The van der Waals surface area contributed by atoms with E-state index in [0.717, 1.165) is 17.2 Å². The highest BCUT2D eigenvalue weighted by Crippen LogP contribution is 2.24. The van der Waals surface area contributed by atoms with Crippen molar-refractivity contribution in [2.45, 2.75) is 6.54 Å². The molecule has 0 radical (unpaired) electrons. The van der Waals surface area contributed by atoms with Gasteiger partial charge in [0.05, 0.1) is 19.8 Å². The molecule has 0 atom stereocenters. The predicted molar refractivity (Wildman–Crippen MR) is 89.3 cm³/mol. The van der Waals surface area contributed by atoms with E-state index in [4.69, 9.17) is 14.2 Å². The van der Waals surface area contributed by atoms with E-state index >= 15 is 0 Å². The number of ether oxygens (including phenoxy) is 3. The highest BCUT2D eigenvalue weighted by Gasteiger charge is 2.00. The lowest BCUT2D eigenvalue weighted by Crippen LogP contribution is -2.11. The Bertz CT molecular complexity index is 717. The maximum Gasteiger partial charge on any atom is 0.137 e. The lowest BCUT2D eigenvalue weighted by atomic mass is 10.3. The van der Waals surface area contributed by atoms with Crippen molar-refractivity contribution in [1.29, 1.82) is 0 Å². The summed E-state index contributed by atoms with van der Waals surface area (Å²) in [7, 11) is 0. The van der Waals surface area contributed by atoms with Gasteiger partial charge in [0, 0.05) is 6.07 Å². The minimum Gasteiger partial charge on any atom is -0.491 e. The van der Waals surface area contributed by atoms with Crippen molar-refractivity contribution in [3.05, 3.63) is 67.3 Å². The number of benzene rings is 2. The molecule has 0 spiro atoms. The summed E-state index contributed by atoms with van der Waals surface area (Å²) in [6.45, 7) is 2.24. The van der Waals surface area contributed by atoms with Gasteiger partial charge in [-0.1, -0.05) is 24.3 Å². The number of hydrogen-bond acceptors (Lipinski definition) is 5. The fourth-order valence-electron chi connectivity index (χ4n) is 2.08. The zero-order valence-corrected chi connectivity index (χ0v) is 13.2. The van der Waals surface area contributed by atoms with Crippen LogP contribution in [0, 0.1) is 0 Å². The molecule has 124 valence electrons. The van der Waals surface area contributed by atoms with E-state index < -0.39 is 0 Å². The van der Waals surface area contributed by atoms with Gasteiger partial charge in [-0.3, -0.25) is 4.68 Å². The van der Waals surface area contributed by atoms with Crippen molar-refractivity contribution in [2.75, 3.05) is 19.8 Å². The van der Waals surface area contributed by atoms with E-state index in [1.807, 2.05) is 54.6 Å². The maximum atomic E-state index is 5.78. The first kappa shape index (κ1) is 16.0. The van der Waals surface area contributed by atoms with Crippen LogP contribution in [0.1, 0.15) is 0 Å². The monoisotopic (exact) mass is 325 g/mol. The Hall–Kier alpha value is -2.86. The number of rotatable bonds is 9. The molecule has 3 aromatic rings. The summed E-state index contributed by atoms with van der Waals surface area (Å²) >= 11 is 0. The largest absolute Gasteiger partial charge is 0.491 e. The summed E-state index contributed by atoms with van der Waals surface area (Å²) in [4.78, 5) is 3.87. The average Bonchev–Trinajstić information content (AvgIpc) is 3.13. The van der Waals surface area contributed by atoms with E-state index in [2.05, 4.69) is 10.1 Å². The third-order valence-electron chi connectivity index (χ3n) is 3.21. The molecular formula is C18H19N3O3. The third kappa shape index (κ3) is 5.10. The molecule has 0 saturated carbocycles. The van der Waals surface area contributed by atoms with Crippen molar-refractivity contribution in [2.24, 2.45) is 0 Å². The Balaban J connectivity index is 1.38. The van der Waals surface area contributed by atoms with Gasteiger partial charge in [-0.15, -0.1) is 0 Å². The summed E-state index contributed by atoms with van der Waals surface area (Å²) in [5.41, 5.74) is 0. The molecule has 24 heavy (non-hydrogen) atoms. The van der Waals surface area contributed by atoms with Crippen molar-refractivity contribution >= 4 is 0 Å². The molecule has 6 nitrogen and oxygen atoms in total. The van der Waals surface area contributed by atoms with Gasteiger partial charge in [0.1, 0.15) is 36.5 Å². The summed E-state index contributed by atoms with van der Waals surface area (Å²) in [5, 5.41) is 4.01. The Morgan fingerprint density at radius 1 is 0.833 bits per heavy atom. The lowest BCUT2D eigenvalue weighted by Gasteiger charge is -2.09. The van der Waals surface area contributed by atoms with Gasteiger partial charge in [-0.05, 0) is 24.3 Å². The topological polar surface area (TPSA) is 58.4 Å². The molecule has 0 fully saturated rings. The Labute approximate surface area is 140 Å². The summed E-state index contributed by atoms with van der Waals surface area (Å²) < 4.78 is 18.7. The molecule has 0 aliphatic heterocycles. The fraction of sp³-hybridized carbons (Fsp3) is 0.222. The van der Waals surface area contributed by atoms with Crippen LogP contribution in [0.3, 0.4) is 0 Å². The molecule has 2 aromatic carbocycles. The molecule has 0 N–H and O–H groups in total. The first-order valence-corrected chi connectivity index (χ1v) is 7.76. The summed E-state index contributed by atoms with van der Waals surface area (Å²) in [5.74, 6) is 2.29. The van der Waals surface area contributed by atoms with Gasteiger partial charge in [0.15, 0.2) is 0 Å². The van der Waals surface area contributed by atoms with E-state index in [1.165, 1.54) is 6.33 Å². The van der Waals surface area contributed by atoms with Crippen LogP contribution in [-0.2, 0) is 11.3 Å². The minimum atomic E-state index is 0.478. The molecule has 0 bridgehead atoms. The Morgan fingerprint density at radius 2 is 1.67 bits per heavy atom.